The topological polar surface area (TPSA) is 69.7 Å². The van der Waals surface area contributed by atoms with Gasteiger partial charge in [-0.1, -0.05) is 32.9 Å². The molecule has 0 spiro atoms. The van der Waals surface area contributed by atoms with Crippen molar-refractivity contribution in [2.24, 2.45) is 11.3 Å². The molecule has 1 aromatic rings. The fourth-order valence-corrected chi connectivity index (χ4v) is 4.85. The summed E-state index contributed by atoms with van der Waals surface area (Å²) in [5, 5.41) is 2.37. The lowest BCUT2D eigenvalue weighted by atomic mass is 9.75. The third-order valence-electron chi connectivity index (χ3n) is 6.59. The minimum Gasteiger partial charge on any atom is -0.371 e. The van der Waals surface area contributed by atoms with Crippen molar-refractivity contribution in [1.82, 2.24) is 10.2 Å². The summed E-state index contributed by atoms with van der Waals surface area (Å²) in [7, 11) is 0. The lowest BCUT2D eigenvalue weighted by Gasteiger charge is -2.40. The minimum absolute atomic E-state index is 0.0851. The molecule has 2 saturated heterocycles. The molecule has 1 unspecified atom stereocenters. The SMILES string of the molecule is CC(C)(C)C1CCN(c2cccc3c2C(=O)N(C2CCC(=O)NC2=O)C3)CC1. The molecule has 1 aromatic carbocycles. The fourth-order valence-electron chi connectivity index (χ4n) is 4.85. The Morgan fingerprint density at radius 2 is 1.75 bits per heavy atom. The second kappa shape index (κ2) is 6.90. The Morgan fingerprint density at radius 1 is 1.04 bits per heavy atom. The highest BCUT2D eigenvalue weighted by molar-refractivity contribution is 6.07. The van der Waals surface area contributed by atoms with Crippen molar-refractivity contribution in [2.75, 3.05) is 18.0 Å². The normalized spacial score (nSPS) is 23.8. The molecule has 3 amide bonds. The maximum atomic E-state index is 13.2. The van der Waals surface area contributed by atoms with E-state index >= 15 is 0 Å². The largest absolute Gasteiger partial charge is 0.371 e. The summed E-state index contributed by atoms with van der Waals surface area (Å²) in [5.74, 6) is -0.00741. The lowest BCUT2D eigenvalue weighted by molar-refractivity contribution is -0.136. The van der Waals surface area contributed by atoms with E-state index in [-0.39, 0.29) is 24.1 Å². The smallest absolute Gasteiger partial charge is 0.257 e. The maximum absolute atomic E-state index is 13.2. The summed E-state index contributed by atoms with van der Waals surface area (Å²) < 4.78 is 0. The molecule has 6 heteroatoms. The molecule has 28 heavy (non-hydrogen) atoms. The number of hydrogen-bond donors (Lipinski definition) is 1. The summed E-state index contributed by atoms with van der Waals surface area (Å²) in [5.41, 5.74) is 3.01. The quantitative estimate of drug-likeness (QED) is 0.798. The first-order chi connectivity index (χ1) is 13.3. The van der Waals surface area contributed by atoms with E-state index in [1.54, 1.807) is 4.90 Å². The summed E-state index contributed by atoms with van der Waals surface area (Å²) in [4.78, 5) is 40.9. The molecule has 3 aliphatic rings. The zero-order chi connectivity index (χ0) is 20.1. The van der Waals surface area contributed by atoms with Gasteiger partial charge in [0.1, 0.15) is 6.04 Å². The van der Waals surface area contributed by atoms with E-state index in [2.05, 4.69) is 31.0 Å². The molecule has 0 radical (unpaired) electrons. The minimum atomic E-state index is -0.558. The van der Waals surface area contributed by atoms with Crippen molar-refractivity contribution >= 4 is 23.4 Å². The Balaban J connectivity index is 1.55. The van der Waals surface area contributed by atoms with Gasteiger partial charge in [-0.25, -0.2) is 0 Å². The molecule has 3 heterocycles. The van der Waals surface area contributed by atoms with Crippen LogP contribution >= 0.6 is 0 Å². The Kier molecular flexibility index (Phi) is 4.68. The monoisotopic (exact) mass is 383 g/mol. The van der Waals surface area contributed by atoms with Crippen LogP contribution in [-0.2, 0) is 16.1 Å². The van der Waals surface area contributed by atoms with E-state index in [9.17, 15) is 14.4 Å². The Hall–Kier alpha value is -2.37. The van der Waals surface area contributed by atoms with Crippen LogP contribution in [-0.4, -0.2) is 41.8 Å². The van der Waals surface area contributed by atoms with Gasteiger partial charge in [0.25, 0.3) is 5.91 Å². The number of amides is 3. The molecule has 4 rings (SSSR count). The second-order valence-corrected chi connectivity index (χ2v) is 9.34. The van der Waals surface area contributed by atoms with Crippen LogP contribution in [0, 0.1) is 11.3 Å². The fraction of sp³-hybridized carbons (Fsp3) is 0.591. The number of hydrogen-bond acceptors (Lipinski definition) is 4. The van der Waals surface area contributed by atoms with Gasteiger partial charge in [0.15, 0.2) is 0 Å². The van der Waals surface area contributed by atoms with Crippen molar-refractivity contribution < 1.29 is 14.4 Å². The predicted octanol–water partition coefficient (Wildman–Crippen LogP) is 2.71. The standard InChI is InChI=1S/C22H29N3O3/c1-22(2,3)15-9-11-24(12-10-15)16-6-4-5-14-13-25(21(28)19(14)16)17-7-8-18(26)23-20(17)27/h4-6,15,17H,7-13H2,1-3H3,(H,23,26,27). The van der Waals surface area contributed by atoms with Crippen molar-refractivity contribution in [3.05, 3.63) is 29.3 Å². The van der Waals surface area contributed by atoms with Crippen molar-refractivity contribution in [3.63, 3.8) is 0 Å². The van der Waals surface area contributed by atoms with Crippen molar-refractivity contribution in [2.45, 2.75) is 59.0 Å². The molecular formula is C22H29N3O3. The molecule has 0 aromatic heterocycles. The molecule has 1 N–H and O–H groups in total. The van der Waals surface area contributed by atoms with Gasteiger partial charge in [-0.3, -0.25) is 19.7 Å². The molecule has 0 aliphatic carbocycles. The highest BCUT2D eigenvalue weighted by Crippen LogP contribution is 2.39. The van der Waals surface area contributed by atoms with Crippen LogP contribution in [0.3, 0.4) is 0 Å². The van der Waals surface area contributed by atoms with Crippen LogP contribution in [0.25, 0.3) is 0 Å². The molecule has 150 valence electrons. The molecule has 0 bridgehead atoms. The number of nitrogens with one attached hydrogen (secondary N) is 1. The summed E-state index contributed by atoms with van der Waals surface area (Å²) in [6.07, 6.45) is 2.93. The Labute approximate surface area is 166 Å². The van der Waals surface area contributed by atoms with Gasteiger partial charge in [0.05, 0.1) is 5.56 Å². The summed E-state index contributed by atoms with van der Waals surface area (Å²) >= 11 is 0. The van der Waals surface area contributed by atoms with Crippen LogP contribution in [0.1, 0.15) is 62.4 Å². The van der Waals surface area contributed by atoms with E-state index in [0.717, 1.165) is 42.7 Å². The van der Waals surface area contributed by atoms with E-state index in [1.807, 2.05) is 18.2 Å². The molecule has 1 atom stereocenters. The Morgan fingerprint density at radius 3 is 2.39 bits per heavy atom. The molecule has 6 nitrogen and oxygen atoms in total. The summed E-state index contributed by atoms with van der Waals surface area (Å²) in [6.45, 7) is 9.24. The molecule has 3 aliphatic heterocycles. The number of carbonyl (C=O) groups excluding carboxylic acids is 3. The molecule has 2 fully saturated rings. The van der Waals surface area contributed by atoms with Crippen LogP contribution in [0.2, 0.25) is 0 Å². The van der Waals surface area contributed by atoms with Gasteiger partial charge in [-0.05, 0) is 42.2 Å². The van der Waals surface area contributed by atoms with E-state index in [4.69, 9.17) is 0 Å². The summed E-state index contributed by atoms with van der Waals surface area (Å²) in [6, 6.07) is 5.45. The zero-order valence-electron chi connectivity index (χ0n) is 17.0. The van der Waals surface area contributed by atoms with Gasteiger partial charge >= 0.3 is 0 Å². The highest BCUT2D eigenvalue weighted by atomic mass is 16.2. The van der Waals surface area contributed by atoms with Crippen molar-refractivity contribution in [1.29, 1.82) is 0 Å². The van der Waals surface area contributed by atoms with Crippen LogP contribution < -0.4 is 10.2 Å². The number of carbonyl (C=O) groups is 3. The number of anilines is 1. The van der Waals surface area contributed by atoms with Gasteiger partial charge < -0.3 is 9.80 Å². The Bertz CT molecular complexity index is 819. The van der Waals surface area contributed by atoms with E-state index < -0.39 is 6.04 Å². The molecular weight excluding hydrogens is 354 g/mol. The zero-order valence-corrected chi connectivity index (χ0v) is 17.0. The first kappa shape index (κ1) is 19.0. The van der Waals surface area contributed by atoms with Crippen LogP contribution in [0.15, 0.2) is 18.2 Å². The average molecular weight is 383 g/mol. The highest BCUT2D eigenvalue weighted by Gasteiger charge is 2.41. The maximum Gasteiger partial charge on any atom is 0.257 e. The third-order valence-corrected chi connectivity index (χ3v) is 6.59. The molecule has 0 saturated carbocycles. The van der Waals surface area contributed by atoms with E-state index in [0.29, 0.717) is 24.3 Å². The van der Waals surface area contributed by atoms with Crippen LogP contribution in [0.4, 0.5) is 5.69 Å². The third kappa shape index (κ3) is 3.29. The first-order valence-electron chi connectivity index (χ1n) is 10.3. The van der Waals surface area contributed by atoms with Gasteiger partial charge in [-0.2, -0.15) is 0 Å². The number of piperidine rings is 2. The number of rotatable bonds is 2. The predicted molar refractivity (Wildman–Crippen MR) is 107 cm³/mol. The lowest BCUT2D eigenvalue weighted by Crippen LogP contribution is -2.52. The first-order valence-corrected chi connectivity index (χ1v) is 10.3. The van der Waals surface area contributed by atoms with E-state index in [1.165, 1.54) is 0 Å². The number of nitrogens with zero attached hydrogens (tertiary/aromatic N) is 2. The number of benzene rings is 1. The number of fused-ring (bicyclic) bond motifs is 1. The van der Waals surface area contributed by atoms with Gasteiger partial charge in [-0.15, -0.1) is 0 Å². The van der Waals surface area contributed by atoms with Gasteiger partial charge in [0.2, 0.25) is 11.8 Å². The van der Waals surface area contributed by atoms with Crippen molar-refractivity contribution in [3.8, 4) is 0 Å². The average Bonchev–Trinajstić information content (AvgIpc) is 2.98. The van der Waals surface area contributed by atoms with Crippen LogP contribution in [0.5, 0.6) is 0 Å². The second-order valence-electron chi connectivity index (χ2n) is 9.34. The number of imide groups is 1. The van der Waals surface area contributed by atoms with Gasteiger partial charge in [0, 0.05) is 31.7 Å².